The van der Waals surface area contributed by atoms with E-state index in [-0.39, 0.29) is 17.5 Å². The van der Waals surface area contributed by atoms with Gasteiger partial charge >= 0.3 is 0 Å². The first-order valence-electron chi connectivity index (χ1n) is 2.47. The van der Waals surface area contributed by atoms with E-state index in [1.54, 1.807) is 0 Å². The summed E-state index contributed by atoms with van der Waals surface area (Å²) < 4.78 is 0. The summed E-state index contributed by atoms with van der Waals surface area (Å²) in [7, 11) is 0. The highest BCUT2D eigenvalue weighted by molar-refractivity contribution is 5.66. The third kappa shape index (κ3) is 15.7. The van der Waals surface area contributed by atoms with Crippen molar-refractivity contribution in [3.63, 3.8) is 0 Å². The molecule has 10 heavy (non-hydrogen) atoms. The average molecular weight is 154 g/mol. The number of carbonyl (C=O) groups is 1. The van der Waals surface area contributed by atoms with Crippen LogP contribution in [-0.2, 0) is 4.79 Å². The molecular weight excluding hydrogens is 140 g/mol. The fourth-order valence-corrected chi connectivity index (χ4v) is 0.315. The molecule has 0 aromatic carbocycles. The molecule has 0 heterocycles. The zero-order valence-corrected chi connectivity index (χ0v) is 5.64. The first-order chi connectivity index (χ1) is 3.77. The molecule has 8 N–H and O–H groups in total. The molecule has 0 aliphatic rings. The van der Waals surface area contributed by atoms with Gasteiger partial charge in [-0.05, 0) is 0 Å². The highest BCUT2D eigenvalue weighted by atomic mass is 16.4. The second kappa shape index (κ2) is 11.2. The normalized spacial score (nSPS) is 7.30. The van der Waals surface area contributed by atoms with Crippen molar-refractivity contribution in [2.24, 2.45) is 0 Å². The summed E-state index contributed by atoms with van der Waals surface area (Å²) in [6.45, 7) is 1.26. The van der Waals surface area contributed by atoms with Crippen molar-refractivity contribution in [2.45, 2.75) is 0 Å². The Bertz CT molecular complexity index is 77.7. The Morgan fingerprint density at radius 2 is 2.00 bits per heavy atom. The van der Waals surface area contributed by atoms with Gasteiger partial charge in [0, 0.05) is 13.1 Å². The van der Waals surface area contributed by atoms with E-state index >= 15 is 0 Å². The van der Waals surface area contributed by atoms with Crippen molar-refractivity contribution in [1.29, 1.82) is 0 Å². The van der Waals surface area contributed by atoms with Crippen LogP contribution in [0.2, 0.25) is 0 Å². The predicted molar refractivity (Wildman–Crippen MR) is 32.9 cm³/mol. The van der Waals surface area contributed by atoms with Gasteiger partial charge in [-0.1, -0.05) is 0 Å². The van der Waals surface area contributed by atoms with Crippen LogP contribution in [0.25, 0.3) is 0 Å². The highest BCUT2D eigenvalue weighted by Crippen LogP contribution is 1.51. The van der Waals surface area contributed by atoms with Crippen LogP contribution in [-0.4, -0.2) is 36.6 Å². The zero-order chi connectivity index (χ0) is 6.41. The van der Waals surface area contributed by atoms with Gasteiger partial charge < -0.3 is 31.9 Å². The minimum absolute atomic E-state index is 0. The Morgan fingerprint density at radius 3 is 2.30 bits per heavy atom. The number of carboxylic acid groups (broad SMARTS) is 1. The lowest BCUT2D eigenvalue weighted by Gasteiger charge is -2.00. The van der Waals surface area contributed by atoms with Crippen molar-refractivity contribution >= 4 is 5.97 Å². The van der Waals surface area contributed by atoms with Crippen molar-refractivity contribution in [3.8, 4) is 0 Å². The molecule has 0 radical (unpaired) electrons. The molecule has 0 amide bonds. The summed E-state index contributed by atoms with van der Waals surface area (Å²) in [6.07, 6.45) is 0. The molecule has 0 spiro atoms. The fourth-order valence-electron chi connectivity index (χ4n) is 0.315. The highest BCUT2D eigenvalue weighted by Gasteiger charge is 1.82. The lowest BCUT2D eigenvalue weighted by Crippen LogP contribution is -2.55. The number of hydrogen-bond donors (Lipinski definition) is 2. The molecule has 6 nitrogen and oxygen atoms in total. The molecule has 0 bridgehead atoms. The first kappa shape index (κ1) is 16.1. The summed E-state index contributed by atoms with van der Waals surface area (Å²) in [4.78, 5) is 9.68. The summed E-state index contributed by atoms with van der Waals surface area (Å²) in [5.41, 5.74) is 3.51. The van der Waals surface area contributed by atoms with Gasteiger partial charge in [-0.25, -0.2) is 0 Å². The zero-order valence-electron chi connectivity index (χ0n) is 5.64. The molecular formula is C4H14N2O4. The van der Waals surface area contributed by atoms with Crippen molar-refractivity contribution in [1.82, 2.24) is 5.32 Å². The van der Waals surface area contributed by atoms with Crippen LogP contribution in [0.3, 0.4) is 0 Å². The Labute approximate surface area is 58.6 Å². The van der Waals surface area contributed by atoms with Gasteiger partial charge in [0.25, 0.3) is 0 Å². The Balaban J connectivity index is -0.000000245. The standard InChI is InChI=1S/C4H10N2O2.2H2O/c5-1-2-6-3-4(7)8;;/h6H,1-3,5H2,(H,7,8);2*1H2. The van der Waals surface area contributed by atoms with Gasteiger partial charge in [0.05, 0.1) is 12.5 Å². The average Bonchev–Trinajstić information content (AvgIpc) is 1.66. The Morgan fingerprint density at radius 1 is 1.50 bits per heavy atom. The number of hydrogen-bond acceptors (Lipinski definition) is 3. The largest absolute Gasteiger partial charge is 0.549 e. The third-order valence-corrected chi connectivity index (χ3v) is 0.623. The molecule has 0 saturated carbocycles. The minimum Gasteiger partial charge on any atom is -0.549 e. The van der Waals surface area contributed by atoms with Gasteiger partial charge in [-0.3, -0.25) is 0 Å². The number of carboxylic acids is 1. The Hall–Kier alpha value is -0.690. The van der Waals surface area contributed by atoms with E-state index in [1.807, 2.05) is 0 Å². The maximum atomic E-state index is 9.68. The fraction of sp³-hybridized carbons (Fsp3) is 0.750. The van der Waals surface area contributed by atoms with Gasteiger partial charge in [0.2, 0.25) is 0 Å². The number of carbonyl (C=O) groups excluding carboxylic acids is 1. The van der Waals surface area contributed by atoms with Gasteiger partial charge in [0.1, 0.15) is 0 Å². The molecule has 6 heteroatoms. The number of rotatable bonds is 4. The topological polar surface area (TPSA) is 143 Å². The van der Waals surface area contributed by atoms with Crippen LogP contribution >= 0.6 is 0 Å². The van der Waals surface area contributed by atoms with Crippen LogP contribution in [0.5, 0.6) is 0 Å². The maximum absolute atomic E-state index is 9.68. The second-order valence-electron chi connectivity index (χ2n) is 1.40. The van der Waals surface area contributed by atoms with E-state index in [9.17, 15) is 9.90 Å². The summed E-state index contributed by atoms with van der Waals surface area (Å²) >= 11 is 0. The number of nitrogens with one attached hydrogen (secondary N) is 1. The molecule has 0 aromatic heterocycles. The molecule has 0 aromatic rings. The van der Waals surface area contributed by atoms with E-state index in [2.05, 4.69) is 11.1 Å². The smallest absolute Gasteiger partial charge is 0.0866 e. The van der Waals surface area contributed by atoms with Gasteiger partial charge in [-0.2, -0.15) is 0 Å². The van der Waals surface area contributed by atoms with Gasteiger partial charge in [0.15, 0.2) is 0 Å². The van der Waals surface area contributed by atoms with Crippen LogP contribution in [0, 0.1) is 0 Å². The predicted octanol–water partition coefficient (Wildman–Crippen LogP) is -5.08. The number of quaternary nitrogens is 1. The molecule has 0 atom stereocenters. The molecule has 0 unspecified atom stereocenters. The van der Waals surface area contributed by atoms with E-state index < -0.39 is 5.97 Å². The lowest BCUT2D eigenvalue weighted by atomic mass is 10.6. The molecule has 0 rings (SSSR count). The molecule has 0 aliphatic carbocycles. The van der Waals surface area contributed by atoms with Crippen molar-refractivity contribution in [2.75, 3.05) is 19.6 Å². The molecule has 0 saturated heterocycles. The van der Waals surface area contributed by atoms with Gasteiger partial charge in [-0.15, -0.1) is 0 Å². The van der Waals surface area contributed by atoms with Crippen LogP contribution in [0.4, 0.5) is 0 Å². The quantitative estimate of drug-likeness (QED) is 0.391. The summed E-state index contributed by atoms with van der Waals surface area (Å²) in [6, 6.07) is 0. The minimum atomic E-state index is -1.07. The summed E-state index contributed by atoms with van der Waals surface area (Å²) in [5.74, 6) is -1.07. The van der Waals surface area contributed by atoms with E-state index in [0.717, 1.165) is 0 Å². The van der Waals surface area contributed by atoms with Crippen molar-refractivity contribution < 1.29 is 26.6 Å². The van der Waals surface area contributed by atoms with Crippen molar-refractivity contribution in [3.05, 3.63) is 0 Å². The summed E-state index contributed by atoms with van der Waals surface area (Å²) in [5, 5.41) is 12.3. The molecule has 64 valence electrons. The van der Waals surface area contributed by atoms with Crippen LogP contribution < -0.4 is 16.2 Å². The van der Waals surface area contributed by atoms with E-state index in [4.69, 9.17) is 0 Å². The molecule has 0 fully saturated rings. The van der Waals surface area contributed by atoms with Crippen LogP contribution in [0.1, 0.15) is 0 Å². The molecule has 0 aliphatic heterocycles. The van der Waals surface area contributed by atoms with E-state index in [1.165, 1.54) is 0 Å². The van der Waals surface area contributed by atoms with E-state index in [0.29, 0.717) is 13.1 Å². The second-order valence-corrected chi connectivity index (χ2v) is 1.40. The third-order valence-electron chi connectivity index (χ3n) is 0.623. The van der Waals surface area contributed by atoms with Crippen LogP contribution in [0.15, 0.2) is 0 Å². The monoisotopic (exact) mass is 154 g/mol. The number of aliphatic carboxylic acids is 1. The Kier molecular flexibility index (Phi) is 18.0. The maximum Gasteiger partial charge on any atom is 0.0866 e. The lowest BCUT2D eigenvalue weighted by molar-refractivity contribution is -0.365. The SMILES string of the molecule is O.O.[NH3+]CCNCC(=O)[O-]. The first-order valence-corrected chi connectivity index (χ1v) is 2.47.